The molecule has 0 aliphatic heterocycles. The van der Waals surface area contributed by atoms with Crippen molar-refractivity contribution < 1.29 is 8.78 Å². The lowest BCUT2D eigenvalue weighted by molar-refractivity contribution is 0.625. The Morgan fingerprint density at radius 1 is 0.455 bits per heavy atom. The molecule has 4 aromatic rings. The van der Waals surface area contributed by atoms with E-state index in [9.17, 15) is 8.78 Å². The van der Waals surface area contributed by atoms with Gasteiger partial charge in [0.1, 0.15) is 11.6 Å². The molecule has 4 rings (SSSR count). The van der Waals surface area contributed by atoms with Gasteiger partial charge in [-0.3, -0.25) is 0 Å². The van der Waals surface area contributed by atoms with Crippen LogP contribution in [0.1, 0.15) is 11.1 Å². The van der Waals surface area contributed by atoms with Gasteiger partial charge in [0.25, 0.3) is 0 Å². The van der Waals surface area contributed by atoms with Crippen LogP contribution in [0.15, 0.2) is 60.7 Å². The molecule has 0 saturated heterocycles. The van der Waals surface area contributed by atoms with Gasteiger partial charge in [-0.2, -0.15) is 0 Å². The van der Waals surface area contributed by atoms with E-state index in [0.717, 1.165) is 43.0 Å². The highest BCUT2D eigenvalue weighted by Crippen LogP contribution is 2.35. The monoisotopic (exact) mass is 1110 g/mol. The fourth-order valence-corrected chi connectivity index (χ4v) is 9.58. The topological polar surface area (TPSA) is 0 Å². The van der Waals surface area contributed by atoms with E-state index in [-0.39, 0.29) is 11.6 Å². The molecule has 4 aromatic carbocycles. The van der Waals surface area contributed by atoms with Crippen molar-refractivity contribution >= 4 is 136 Å². The maximum Gasteiger partial charge on any atom is 0.125 e. The van der Waals surface area contributed by atoms with Gasteiger partial charge in [0.05, 0.1) is 0 Å². The highest BCUT2D eigenvalue weighted by molar-refractivity contribution is 14.1. The van der Waals surface area contributed by atoms with E-state index in [0.29, 0.717) is 0 Å². The van der Waals surface area contributed by atoms with Crippen molar-refractivity contribution in [1.29, 1.82) is 0 Å². The normalized spacial score (nSPS) is 11.2. The number of rotatable bonds is 4. The minimum absolute atomic E-state index is 0.207. The van der Waals surface area contributed by atoms with E-state index in [1.165, 1.54) is 18.3 Å². The molecule has 0 nitrogen and oxygen atoms in total. The fourth-order valence-electron chi connectivity index (χ4n) is 3.53. The van der Waals surface area contributed by atoms with Gasteiger partial charge in [-0.1, -0.05) is 24.3 Å². The Kier molecular flexibility index (Phi) is 9.60. The first-order valence-corrected chi connectivity index (χ1v) is 16.0. The summed E-state index contributed by atoms with van der Waals surface area (Å²) in [6, 6.07) is 19.2. The van der Waals surface area contributed by atoms with Crippen molar-refractivity contribution in [3.8, 4) is 22.3 Å². The van der Waals surface area contributed by atoms with E-state index in [1.54, 1.807) is 24.3 Å². The van der Waals surface area contributed by atoms with Gasteiger partial charge >= 0.3 is 0 Å². The summed E-state index contributed by atoms with van der Waals surface area (Å²) in [7, 11) is 0. The molecule has 8 heteroatoms. The van der Waals surface area contributed by atoms with Crippen molar-refractivity contribution in [1.82, 2.24) is 0 Å². The average molecular weight is 1110 g/mol. The van der Waals surface area contributed by atoms with Crippen LogP contribution in [-0.2, 0) is 6.42 Å². The van der Waals surface area contributed by atoms with E-state index in [4.69, 9.17) is 0 Å². The zero-order valence-corrected chi connectivity index (χ0v) is 29.4. The van der Waals surface area contributed by atoms with Crippen molar-refractivity contribution in [2.75, 3.05) is 0 Å². The largest absolute Gasteiger partial charge is 0.207 e. The van der Waals surface area contributed by atoms with Crippen LogP contribution >= 0.6 is 136 Å². The van der Waals surface area contributed by atoms with Crippen LogP contribution < -0.4 is 0 Å². The van der Waals surface area contributed by atoms with Gasteiger partial charge in [-0.15, -0.1) is 0 Å². The van der Waals surface area contributed by atoms with Crippen molar-refractivity contribution in [2.45, 2.75) is 6.42 Å². The van der Waals surface area contributed by atoms with E-state index in [2.05, 4.69) is 172 Å². The summed E-state index contributed by atoms with van der Waals surface area (Å²) in [5.74, 6) is -0.413. The average Bonchev–Trinajstić information content (AvgIpc) is 2.70. The Hall–Kier alpha value is 1.12. The first-order valence-electron chi connectivity index (χ1n) is 9.50. The minimum atomic E-state index is -0.207. The van der Waals surface area contributed by atoms with Crippen LogP contribution in [0.2, 0.25) is 0 Å². The summed E-state index contributed by atoms with van der Waals surface area (Å²) < 4.78 is 33.5. The van der Waals surface area contributed by atoms with Gasteiger partial charge in [0.15, 0.2) is 0 Å². The second-order valence-corrected chi connectivity index (χ2v) is 14.3. The first kappa shape index (κ1) is 27.2. The summed E-state index contributed by atoms with van der Waals surface area (Å²) in [4.78, 5) is 0. The molecular weight excluding hydrogens is 1100 g/mol. The Morgan fingerprint density at radius 3 is 1.09 bits per heavy atom. The Balaban J connectivity index is 1.64. The third-order valence-electron chi connectivity index (χ3n) is 5.08. The maximum absolute atomic E-state index is 13.7. The molecular formula is C25H12F2I6. The number of benzene rings is 4. The molecule has 168 valence electrons. The molecule has 0 aliphatic rings. The van der Waals surface area contributed by atoms with Crippen LogP contribution in [-0.4, -0.2) is 0 Å². The number of halogens is 8. The Bertz CT molecular complexity index is 1230. The van der Waals surface area contributed by atoms with Crippen LogP contribution in [0.25, 0.3) is 22.3 Å². The molecule has 0 bridgehead atoms. The van der Waals surface area contributed by atoms with Gasteiger partial charge in [0.2, 0.25) is 0 Å². The smallest absolute Gasteiger partial charge is 0.125 e. The van der Waals surface area contributed by atoms with Crippen LogP contribution in [0.5, 0.6) is 0 Å². The summed E-state index contributed by atoms with van der Waals surface area (Å²) in [6.45, 7) is 0. The third kappa shape index (κ3) is 6.34. The lowest BCUT2D eigenvalue weighted by Crippen LogP contribution is -1.98. The summed E-state index contributed by atoms with van der Waals surface area (Å²) >= 11 is 13.6. The van der Waals surface area contributed by atoms with Crippen molar-refractivity contribution in [2.24, 2.45) is 0 Å². The molecule has 33 heavy (non-hydrogen) atoms. The molecule has 0 spiro atoms. The number of hydrogen-bond donors (Lipinski definition) is 0. The van der Waals surface area contributed by atoms with Crippen molar-refractivity contribution in [3.63, 3.8) is 0 Å². The van der Waals surface area contributed by atoms with Crippen molar-refractivity contribution in [3.05, 3.63) is 105 Å². The predicted molar refractivity (Wildman–Crippen MR) is 183 cm³/mol. The van der Waals surface area contributed by atoms with Crippen LogP contribution in [0.3, 0.4) is 0 Å². The second-order valence-electron chi connectivity index (χ2n) is 7.28. The zero-order chi connectivity index (χ0) is 23.9. The third-order valence-corrected chi connectivity index (χ3v) is 10.5. The van der Waals surface area contributed by atoms with Crippen LogP contribution in [0.4, 0.5) is 8.78 Å². The molecule has 0 atom stereocenters. The molecule has 0 heterocycles. The molecule has 0 N–H and O–H groups in total. The standard InChI is InChI=1S/C25H12F2I6/c26-16-8-20(30)24(21(31)9-16)14-3-1-12(18(28)6-14)5-13-2-4-15(7-19(13)29)25-22(32)10-17(27)11-23(25)33/h1-4,6-11H,5H2. The molecule has 0 fully saturated rings. The van der Waals surface area contributed by atoms with E-state index < -0.39 is 0 Å². The van der Waals surface area contributed by atoms with E-state index >= 15 is 0 Å². The lowest BCUT2D eigenvalue weighted by atomic mass is 9.98. The second kappa shape index (κ2) is 11.7. The summed E-state index contributed by atoms with van der Waals surface area (Å²) in [5.41, 5.74) is 6.85. The van der Waals surface area contributed by atoms with Gasteiger partial charge in [-0.25, -0.2) is 8.78 Å². The molecule has 0 aliphatic carbocycles. The molecule has 0 amide bonds. The van der Waals surface area contributed by atoms with E-state index in [1.807, 2.05) is 0 Å². The Morgan fingerprint density at radius 2 is 0.788 bits per heavy atom. The fraction of sp³-hybridized carbons (Fsp3) is 0.0400. The van der Waals surface area contributed by atoms with Crippen LogP contribution in [0, 0.1) is 33.1 Å². The predicted octanol–water partition coefficient (Wildman–Crippen LogP) is 10.5. The first-order chi connectivity index (χ1) is 15.6. The maximum atomic E-state index is 13.7. The quantitative estimate of drug-likeness (QED) is 0.179. The summed E-state index contributed by atoms with van der Waals surface area (Å²) in [6.07, 6.45) is 0.826. The van der Waals surface area contributed by atoms with Gasteiger partial charge in [-0.05, 0) is 201 Å². The van der Waals surface area contributed by atoms with Gasteiger partial charge in [0, 0.05) is 32.5 Å². The SMILES string of the molecule is Fc1cc(I)c(-c2ccc(Cc3ccc(-c4c(I)cc(F)cc4I)cc3I)c(I)c2)c(I)c1. The number of hydrogen-bond acceptors (Lipinski definition) is 0. The summed E-state index contributed by atoms with van der Waals surface area (Å²) in [5, 5.41) is 0. The van der Waals surface area contributed by atoms with Gasteiger partial charge < -0.3 is 0 Å². The molecule has 0 unspecified atom stereocenters. The highest BCUT2D eigenvalue weighted by atomic mass is 127. The zero-order valence-electron chi connectivity index (χ0n) is 16.5. The molecule has 0 aromatic heterocycles. The molecule has 0 radical (unpaired) electrons. The lowest BCUT2D eigenvalue weighted by Gasteiger charge is -2.14. The minimum Gasteiger partial charge on any atom is -0.207 e. The highest BCUT2D eigenvalue weighted by Gasteiger charge is 2.15. The Labute approximate surface area is 273 Å². The molecule has 0 saturated carbocycles.